The molecule has 1 aliphatic heterocycles. The van der Waals surface area contributed by atoms with Gasteiger partial charge in [-0.2, -0.15) is 0 Å². The molecule has 1 saturated carbocycles. The lowest BCUT2D eigenvalue weighted by Crippen LogP contribution is -2.33. The maximum Gasteiger partial charge on any atom is 0.307 e. The summed E-state index contributed by atoms with van der Waals surface area (Å²) in [5, 5.41) is 8.87. The molecule has 3 nitrogen and oxygen atoms in total. The van der Waals surface area contributed by atoms with Crippen LogP contribution in [0.15, 0.2) is 54.6 Å². The Balaban J connectivity index is 1.16. The molecule has 2 aliphatic rings. The fourth-order valence-electron chi connectivity index (χ4n) is 4.75. The molecule has 0 aromatic heterocycles. The molecule has 148 valence electrons. The normalized spacial score (nSPS) is 22.9. The van der Waals surface area contributed by atoms with Gasteiger partial charge in [-0.3, -0.25) is 9.69 Å². The third-order valence-electron chi connectivity index (χ3n) is 6.59. The number of likely N-dealkylation sites (tertiary alicyclic amines) is 1. The van der Waals surface area contributed by atoms with Gasteiger partial charge in [0.2, 0.25) is 0 Å². The molecule has 1 N–H and O–H groups in total. The first kappa shape index (κ1) is 19.2. The zero-order chi connectivity index (χ0) is 19.3. The summed E-state index contributed by atoms with van der Waals surface area (Å²) in [7, 11) is 0. The van der Waals surface area contributed by atoms with E-state index in [1.807, 2.05) is 12.1 Å². The topological polar surface area (TPSA) is 40.5 Å². The largest absolute Gasteiger partial charge is 0.481 e. The Kier molecular flexibility index (Phi) is 6.11. The molecular weight excluding hydrogens is 346 g/mol. The molecule has 2 aromatic rings. The van der Waals surface area contributed by atoms with Crippen molar-refractivity contribution < 1.29 is 9.90 Å². The van der Waals surface area contributed by atoms with Gasteiger partial charge in [0.1, 0.15) is 0 Å². The molecule has 28 heavy (non-hydrogen) atoms. The maximum atomic E-state index is 10.8. The fourth-order valence-corrected chi connectivity index (χ4v) is 4.75. The minimum Gasteiger partial charge on any atom is -0.481 e. The number of nitrogens with zero attached hydrogens (tertiary/aromatic N) is 1. The lowest BCUT2D eigenvalue weighted by molar-refractivity contribution is -0.136. The second-order valence-corrected chi connectivity index (χ2v) is 8.70. The highest BCUT2D eigenvalue weighted by molar-refractivity contribution is 5.70. The summed E-state index contributed by atoms with van der Waals surface area (Å²) in [5.41, 5.74) is 3.71. The average Bonchev–Trinajstić information content (AvgIpc) is 3.49. The SMILES string of the molecule is O=C(O)Cc1ccc(CN2CCC(CC[C@@H]3C[C@H]3c3ccccc3)CC2)cc1. The minimum atomic E-state index is -0.767. The third-order valence-corrected chi connectivity index (χ3v) is 6.59. The highest BCUT2D eigenvalue weighted by Crippen LogP contribution is 2.50. The van der Waals surface area contributed by atoms with Gasteiger partial charge in [-0.05, 0) is 73.2 Å². The van der Waals surface area contributed by atoms with Crippen LogP contribution in [-0.4, -0.2) is 29.1 Å². The number of hydrogen-bond donors (Lipinski definition) is 1. The Morgan fingerprint density at radius 3 is 2.29 bits per heavy atom. The van der Waals surface area contributed by atoms with Crippen LogP contribution in [0.3, 0.4) is 0 Å². The second-order valence-electron chi connectivity index (χ2n) is 8.70. The van der Waals surface area contributed by atoms with Crippen LogP contribution in [0.4, 0.5) is 0 Å². The summed E-state index contributed by atoms with van der Waals surface area (Å²) >= 11 is 0. The zero-order valence-corrected chi connectivity index (χ0v) is 16.6. The molecular formula is C25H31NO2. The number of aliphatic carboxylic acids is 1. The molecule has 0 bridgehead atoms. The monoisotopic (exact) mass is 377 g/mol. The summed E-state index contributed by atoms with van der Waals surface area (Å²) in [6.45, 7) is 3.36. The van der Waals surface area contributed by atoms with Crippen LogP contribution in [0, 0.1) is 11.8 Å². The first-order valence-electron chi connectivity index (χ1n) is 10.7. The molecule has 0 spiro atoms. The van der Waals surface area contributed by atoms with Crippen molar-refractivity contribution in [2.75, 3.05) is 13.1 Å². The van der Waals surface area contributed by atoms with Crippen LogP contribution in [-0.2, 0) is 17.8 Å². The molecule has 0 amide bonds. The van der Waals surface area contributed by atoms with E-state index >= 15 is 0 Å². The van der Waals surface area contributed by atoms with Gasteiger partial charge in [0, 0.05) is 6.54 Å². The first-order valence-corrected chi connectivity index (χ1v) is 10.7. The van der Waals surface area contributed by atoms with Crippen LogP contribution >= 0.6 is 0 Å². The lowest BCUT2D eigenvalue weighted by atomic mass is 9.90. The molecule has 2 aromatic carbocycles. The van der Waals surface area contributed by atoms with Crippen molar-refractivity contribution in [1.29, 1.82) is 0 Å². The summed E-state index contributed by atoms with van der Waals surface area (Å²) in [6, 6.07) is 19.1. The molecule has 0 radical (unpaired) electrons. The summed E-state index contributed by atoms with van der Waals surface area (Å²) in [6.07, 6.45) is 6.93. The highest BCUT2D eigenvalue weighted by atomic mass is 16.4. The average molecular weight is 378 g/mol. The molecule has 2 atom stereocenters. The second kappa shape index (κ2) is 8.91. The van der Waals surface area contributed by atoms with Gasteiger partial charge in [0.15, 0.2) is 0 Å². The van der Waals surface area contributed by atoms with E-state index in [1.54, 1.807) is 0 Å². The fraction of sp³-hybridized carbons (Fsp3) is 0.480. The molecule has 1 aliphatic carbocycles. The predicted octanol–water partition coefficient (Wildman–Crippen LogP) is 5.11. The first-order chi connectivity index (χ1) is 13.7. The van der Waals surface area contributed by atoms with Crippen LogP contribution in [0.5, 0.6) is 0 Å². The van der Waals surface area contributed by atoms with Crippen LogP contribution in [0.1, 0.15) is 54.7 Å². The van der Waals surface area contributed by atoms with E-state index in [2.05, 4.69) is 47.4 Å². The van der Waals surface area contributed by atoms with Crippen LogP contribution in [0.2, 0.25) is 0 Å². The molecule has 2 fully saturated rings. The molecule has 4 rings (SSSR count). The number of carboxylic acids is 1. The van der Waals surface area contributed by atoms with Crippen molar-refractivity contribution in [1.82, 2.24) is 4.90 Å². The van der Waals surface area contributed by atoms with Crippen molar-refractivity contribution in [2.45, 2.75) is 51.0 Å². The van der Waals surface area contributed by atoms with Gasteiger partial charge in [0.05, 0.1) is 6.42 Å². The van der Waals surface area contributed by atoms with Crippen molar-refractivity contribution in [3.8, 4) is 0 Å². The van der Waals surface area contributed by atoms with Crippen molar-refractivity contribution in [3.05, 3.63) is 71.3 Å². The molecule has 1 heterocycles. The summed E-state index contributed by atoms with van der Waals surface area (Å²) < 4.78 is 0. The maximum absolute atomic E-state index is 10.8. The minimum absolute atomic E-state index is 0.109. The van der Waals surface area contributed by atoms with E-state index in [0.29, 0.717) is 0 Å². The van der Waals surface area contributed by atoms with Gasteiger partial charge in [0.25, 0.3) is 0 Å². The van der Waals surface area contributed by atoms with E-state index in [4.69, 9.17) is 5.11 Å². The van der Waals surface area contributed by atoms with Crippen LogP contribution in [0.25, 0.3) is 0 Å². The van der Waals surface area contributed by atoms with Gasteiger partial charge < -0.3 is 5.11 Å². The predicted molar refractivity (Wildman–Crippen MR) is 112 cm³/mol. The van der Waals surface area contributed by atoms with E-state index in [-0.39, 0.29) is 6.42 Å². The number of carbonyl (C=O) groups is 1. The number of benzene rings is 2. The van der Waals surface area contributed by atoms with E-state index < -0.39 is 5.97 Å². The molecule has 3 heteroatoms. The van der Waals surface area contributed by atoms with Crippen molar-refractivity contribution >= 4 is 5.97 Å². The van der Waals surface area contributed by atoms with E-state index in [9.17, 15) is 4.79 Å². The number of rotatable bonds is 8. The Bertz CT molecular complexity index is 763. The Morgan fingerprint density at radius 2 is 1.61 bits per heavy atom. The van der Waals surface area contributed by atoms with Crippen molar-refractivity contribution in [2.24, 2.45) is 11.8 Å². The van der Waals surface area contributed by atoms with Crippen LogP contribution < -0.4 is 0 Å². The third kappa shape index (κ3) is 5.23. The summed E-state index contributed by atoms with van der Waals surface area (Å²) in [5.74, 6) is 1.87. The standard InChI is InChI=1S/C25H31NO2/c27-25(28)16-20-6-8-21(9-7-20)18-26-14-12-19(13-15-26)10-11-23-17-24(23)22-4-2-1-3-5-22/h1-9,19,23-24H,10-18H2,(H,27,28)/t23-,24+/m1/s1. The van der Waals surface area contributed by atoms with Gasteiger partial charge in [-0.1, -0.05) is 61.0 Å². The molecule has 0 unspecified atom stereocenters. The Labute approximate surface area is 168 Å². The van der Waals surface area contributed by atoms with Crippen molar-refractivity contribution in [3.63, 3.8) is 0 Å². The van der Waals surface area contributed by atoms with Gasteiger partial charge >= 0.3 is 5.97 Å². The highest BCUT2D eigenvalue weighted by Gasteiger charge is 2.37. The lowest BCUT2D eigenvalue weighted by Gasteiger charge is -2.32. The van der Waals surface area contributed by atoms with E-state index in [1.165, 1.54) is 56.3 Å². The number of carboxylic acid groups (broad SMARTS) is 1. The Morgan fingerprint density at radius 1 is 0.929 bits per heavy atom. The van der Waals surface area contributed by atoms with Gasteiger partial charge in [-0.25, -0.2) is 0 Å². The van der Waals surface area contributed by atoms with E-state index in [0.717, 1.165) is 29.9 Å². The number of piperidine rings is 1. The Hall–Kier alpha value is -2.13. The molecule has 1 saturated heterocycles. The van der Waals surface area contributed by atoms with Gasteiger partial charge in [-0.15, -0.1) is 0 Å². The smallest absolute Gasteiger partial charge is 0.307 e. The quantitative estimate of drug-likeness (QED) is 0.695. The summed E-state index contributed by atoms with van der Waals surface area (Å²) in [4.78, 5) is 13.3. The number of hydrogen-bond acceptors (Lipinski definition) is 2. The zero-order valence-electron chi connectivity index (χ0n) is 16.6.